The largest absolute Gasteiger partial charge is 0.389 e. The van der Waals surface area contributed by atoms with Crippen molar-refractivity contribution in [3.63, 3.8) is 0 Å². The van der Waals surface area contributed by atoms with Crippen molar-refractivity contribution in [2.75, 3.05) is 5.75 Å². The minimum Gasteiger partial charge on any atom is -0.389 e. The molecule has 16 heavy (non-hydrogen) atoms. The van der Waals surface area contributed by atoms with Crippen molar-refractivity contribution in [1.82, 2.24) is 4.98 Å². The average molecular weight is 237 g/mol. The van der Waals surface area contributed by atoms with E-state index in [9.17, 15) is 5.11 Å². The van der Waals surface area contributed by atoms with Crippen LogP contribution in [0.1, 0.15) is 31.5 Å². The molecular weight excluding hydrogens is 218 g/mol. The molecule has 0 radical (unpaired) electrons. The lowest BCUT2D eigenvalue weighted by molar-refractivity contribution is 0.0632. The van der Waals surface area contributed by atoms with Gasteiger partial charge in [-0.2, -0.15) is 11.8 Å². The van der Waals surface area contributed by atoms with Crippen LogP contribution in [0.2, 0.25) is 0 Å². The summed E-state index contributed by atoms with van der Waals surface area (Å²) in [4.78, 5) is 4.41. The van der Waals surface area contributed by atoms with E-state index in [0.29, 0.717) is 11.7 Å². The van der Waals surface area contributed by atoms with Crippen LogP contribution in [-0.2, 0) is 12.8 Å². The summed E-state index contributed by atoms with van der Waals surface area (Å²) in [5, 5.41) is 11.0. The van der Waals surface area contributed by atoms with E-state index < -0.39 is 5.60 Å². The van der Waals surface area contributed by atoms with Crippen molar-refractivity contribution in [1.29, 1.82) is 0 Å². The molecule has 0 amide bonds. The molecule has 2 rings (SSSR count). The molecule has 0 spiro atoms. The van der Waals surface area contributed by atoms with E-state index in [4.69, 9.17) is 0 Å². The lowest BCUT2D eigenvalue weighted by atomic mass is 9.94. The first-order chi connectivity index (χ1) is 7.61. The maximum absolute atomic E-state index is 10.4. The Kier molecular flexibility index (Phi) is 3.55. The van der Waals surface area contributed by atoms with E-state index in [1.54, 1.807) is 0 Å². The van der Waals surface area contributed by atoms with Gasteiger partial charge in [0.25, 0.3) is 0 Å². The molecule has 1 N–H and O–H groups in total. The Balaban J connectivity index is 2.03. The van der Waals surface area contributed by atoms with Crippen molar-refractivity contribution < 1.29 is 5.11 Å². The monoisotopic (exact) mass is 237 g/mol. The Morgan fingerprint density at radius 1 is 1.56 bits per heavy atom. The fourth-order valence-corrected chi connectivity index (χ4v) is 3.42. The highest BCUT2D eigenvalue weighted by Gasteiger charge is 2.36. The van der Waals surface area contributed by atoms with Crippen LogP contribution in [0.4, 0.5) is 0 Å². The zero-order chi connectivity index (χ0) is 11.6. The van der Waals surface area contributed by atoms with Crippen molar-refractivity contribution >= 4 is 11.8 Å². The third-order valence-electron chi connectivity index (χ3n) is 3.11. The van der Waals surface area contributed by atoms with Gasteiger partial charge in [0.05, 0.1) is 5.60 Å². The number of nitrogens with zero attached hydrogens (tertiary/aromatic N) is 1. The van der Waals surface area contributed by atoms with Crippen LogP contribution >= 0.6 is 11.8 Å². The second-order valence-corrected chi connectivity index (χ2v) is 6.16. The first-order valence-electron chi connectivity index (χ1n) is 5.89. The molecular formula is C13H19NOS. The molecule has 2 atom stereocenters. The third-order valence-corrected chi connectivity index (χ3v) is 4.55. The lowest BCUT2D eigenvalue weighted by Crippen LogP contribution is -2.31. The quantitative estimate of drug-likeness (QED) is 0.876. The summed E-state index contributed by atoms with van der Waals surface area (Å²) in [6.45, 7) is 4.30. The SMILES string of the molecule is CCc1ccc(CC2(O)CSC(C)C2)nc1. The summed E-state index contributed by atoms with van der Waals surface area (Å²) in [5.74, 6) is 0.839. The summed E-state index contributed by atoms with van der Waals surface area (Å²) in [7, 11) is 0. The molecule has 0 bridgehead atoms. The standard InChI is InChI=1S/C13H19NOS/c1-3-11-4-5-12(14-8-11)7-13(15)6-10(2)16-9-13/h4-5,8,10,15H,3,6-7,9H2,1-2H3. The van der Waals surface area contributed by atoms with E-state index in [1.165, 1.54) is 5.56 Å². The summed E-state index contributed by atoms with van der Waals surface area (Å²) >= 11 is 1.85. The van der Waals surface area contributed by atoms with Gasteiger partial charge < -0.3 is 5.11 Å². The van der Waals surface area contributed by atoms with Gasteiger partial charge in [-0.15, -0.1) is 0 Å². The molecule has 1 aliphatic heterocycles. The van der Waals surface area contributed by atoms with E-state index in [2.05, 4.69) is 24.9 Å². The van der Waals surface area contributed by atoms with Gasteiger partial charge >= 0.3 is 0 Å². The van der Waals surface area contributed by atoms with Crippen molar-refractivity contribution in [2.45, 2.75) is 44.0 Å². The fourth-order valence-electron chi connectivity index (χ4n) is 2.18. The second kappa shape index (κ2) is 4.76. The smallest absolute Gasteiger partial charge is 0.0803 e. The summed E-state index contributed by atoms with van der Waals surface area (Å²) in [5.41, 5.74) is 1.73. The van der Waals surface area contributed by atoms with Crippen LogP contribution in [0.25, 0.3) is 0 Å². The first-order valence-corrected chi connectivity index (χ1v) is 6.94. The number of pyridine rings is 1. The van der Waals surface area contributed by atoms with Gasteiger partial charge in [-0.25, -0.2) is 0 Å². The molecule has 1 saturated heterocycles. The van der Waals surface area contributed by atoms with Gasteiger partial charge in [-0.1, -0.05) is 19.9 Å². The highest BCUT2D eigenvalue weighted by atomic mass is 32.2. The highest BCUT2D eigenvalue weighted by molar-refractivity contribution is 8.00. The highest BCUT2D eigenvalue weighted by Crippen LogP contribution is 2.36. The molecule has 2 heterocycles. The number of thioether (sulfide) groups is 1. The Morgan fingerprint density at radius 3 is 2.88 bits per heavy atom. The summed E-state index contributed by atoms with van der Waals surface area (Å²) < 4.78 is 0. The number of aliphatic hydroxyl groups is 1. The maximum Gasteiger partial charge on any atom is 0.0803 e. The number of aryl methyl sites for hydroxylation is 1. The van der Waals surface area contributed by atoms with Crippen LogP contribution in [-0.4, -0.2) is 26.7 Å². The number of rotatable bonds is 3. The maximum atomic E-state index is 10.4. The zero-order valence-corrected chi connectivity index (χ0v) is 10.8. The van der Waals surface area contributed by atoms with Crippen molar-refractivity contribution in [3.8, 4) is 0 Å². The van der Waals surface area contributed by atoms with E-state index in [1.807, 2.05) is 24.0 Å². The Bertz CT molecular complexity index is 351. The predicted molar refractivity (Wildman–Crippen MR) is 68.8 cm³/mol. The van der Waals surface area contributed by atoms with Crippen LogP contribution in [0.15, 0.2) is 18.3 Å². The number of hydrogen-bond acceptors (Lipinski definition) is 3. The molecule has 0 aromatic carbocycles. The summed E-state index contributed by atoms with van der Waals surface area (Å²) in [6.07, 6.45) is 4.51. The second-order valence-electron chi connectivity index (χ2n) is 4.74. The Labute approximate surface area is 101 Å². The van der Waals surface area contributed by atoms with Gasteiger partial charge in [-0.05, 0) is 24.5 Å². The van der Waals surface area contributed by atoms with Crippen LogP contribution in [0.3, 0.4) is 0 Å². The van der Waals surface area contributed by atoms with Crippen LogP contribution < -0.4 is 0 Å². The third kappa shape index (κ3) is 2.77. The van der Waals surface area contributed by atoms with Gasteiger partial charge in [0.15, 0.2) is 0 Å². The molecule has 1 aromatic heterocycles. The first kappa shape index (κ1) is 11.9. The Hall–Kier alpha value is -0.540. The van der Waals surface area contributed by atoms with Gasteiger partial charge in [0, 0.05) is 29.3 Å². The molecule has 3 heteroatoms. The van der Waals surface area contributed by atoms with Crippen molar-refractivity contribution in [2.24, 2.45) is 0 Å². The molecule has 2 unspecified atom stereocenters. The fraction of sp³-hybridized carbons (Fsp3) is 0.615. The van der Waals surface area contributed by atoms with E-state index in [-0.39, 0.29) is 0 Å². The van der Waals surface area contributed by atoms with Crippen LogP contribution in [0, 0.1) is 0 Å². The van der Waals surface area contributed by atoms with Gasteiger partial charge in [0.2, 0.25) is 0 Å². The van der Waals surface area contributed by atoms with E-state index >= 15 is 0 Å². The normalized spacial score (nSPS) is 29.6. The number of hydrogen-bond donors (Lipinski definition) is 1. The van der Waals surface area contributed by atoms with Gasteiger partial charge in [-0.3, -0.25) is 4.98 Å². The zero-order valence-electron chi connectivity index (χ0n) is 9.94. The molecule has 1 aliphatic rings. The molecule has 1 fully saturated rings. The summed E-state index contributed by atoms with van der Waals surface area (Å²) in [6, 6.07) is 4.15. The topological polar surface area (TPSA) is 33.1 Å². The lowest BCUT2D eigenvalue weighted by Gasteiger charge is -2.21. The van der Waals surface area contributed by atoms with E-state index in [0.717, 1.165) is 24.3 Å². The average Bonchev–Trinajstić information content (AvgIpc) is 2.59. The number of aromatic nitrogens is 1. The van der Waals surface area contributed by atoms with Crippen LogP contribution in [0.5, 0.6) is 0 Å². The molecule has 2 nitrogen and oxygen atoms in total. The molecule has 88 valence electrons. The molecule has 0 saturated carbocycles. The molecule has 0 aliphatic carbocycles. The van der Waals surface area contributed by atoms with Crippen molar-refractivity contribution in [3.05, 3.63) is 29.6 Å². The molecule has 1 aromatic rings. The predicted octanol–water partition coefficient (Wildman–Crippen LogP) is 2.44. The Morgan fingerprint density at radius 2 is 2.38 bits per heavy atom. The minimum absolute atomic E-state index is 0.537. The minimum atomic E-state index is -0.537. The van der Waals surface area contributed by atoms with Gasteiger partial charge in [0.1, 0.15) is 0 Å².